The molecule has 0 fully saturated rings. The fourth-order valence-electron chi connectivity index (χ4n) is 2.87. The van der Waals surface area contributed by atoms with Crippen molar-refractivity contribution in [2.24, 2.45) is 0 Å². The number of ketones is 1. The molecular formula is C20H20N2O5. The van der Waals surface area contributed by atoms with E-state index in [0.717, 1.165) is 12.0 Å². The Labute approximate surface area is 155 Å². The normalized spacial score (nSPS) is 10.9. The summed E-state index contributed by atoms with van der Waals surface area (Å²) >= 11 is 0. The summed E-state index contributed by atoms with van der Waals surface area (Å²) in [6.45, 7) is 5.27. The molecule has 0 aliphatic carbocycles. The highest BCUT2D eigenvalue weighted by Gasteiger charge is 2.24. The van der Waals surface area contributed by atoms with Gasteiger partial charge in [-0.1, -0.05) is 31.2 Å². The van der Waals surface area contributed by atoms with E-state index in [0.29, 0.717) is 5.56 Å². The van der Waals surface area contributed by atoms with Gasteiger partial charge in [-0.2, -0.15) is 0 Å². The molecule has 0 aliphatic rings. The van der Waals surface area contributed by atoms with Gasteiger partial charge in [-0.15, -0.1) is 0 Å². The summed E-state index contributed by atoms with van der Waals surface area (Å²) in [5.74, 6) is -0.613. The summed E-state index contributed by atoms with van der Waals surface area (Å²) in [6, 6.07) is 7.25. The van der Waals surface area contributed by atoms with E-state index in [1.165, 1.54) is 10.9 Å². The maximum absolute atomic E-state index is 12.8. The number of rotatable bonds is 6. The minimum absolute atomic E-state index is 0.0302. The van der Waals surface area contributed by atoms with E-state index in [4.69, 9.17) is 9.15 Å². The Hall–Kier alpha value is -3.22. The Bertz CT molecular complexity index is 1060. The largest absolute Gasteiger partial charge is 0.462 e. The Morgan fingerprint density at radius 2 is 1.89 bits per heavy atom. The second-order valence-corrected chi connectivity index (χ2v) is 6.09. The highest BCUT2D eigenvalue weighted by molar-refractivity contribution is 6.03. The van der Waals surface area contributed by atoms with Crippen LogP contribution < -0.4 is 5.56 Å². The van der Waals surface area contributed by atoms with E-state index in [-0.39, 0.29) is 41.4 Å². The molecule has 7 heteroatoms. The average molecular weight is 368 g/mol. The minimum Gasteiger partial charge on any atom is -0.462 e. The molecule has 0 N–H and O–H groups in total. The molecule has 1 aromatic carbocycles. The summed E-state index contributed by atoms with van der Waals surface area (Å²) in [6.07, 6.45) is 2.13. The van der Waals surface area contributed by atoms with Crippen molar-refractivity contribution in [1.29, 1.82) is 0 Å². The van der Waals surface area contributed by atoms with Gasteiger partial charge in [-0.3, -0.25) is 14.2 Å². The first-order valence-electron chi connectivity index (χ1n) is 8.74. The van der Waals surface area contributed by atoms with E-state index in [9.17, 15) is 14.4 Å². The summed E-state index contributed by atoms with van der Waals surface area (Å²) in [5, 5.41) is 0.0302. The second kappa shape index (κ2) is 7.57. The van der Waals surface area contributed by atoms with E-state index < -0.39 is 11.5 Å². The predicted octanol–water partition coefficient (Wildman–Crippen LogP) is 2.92. The first-order chi connectivity index (χ1) is 13.0. The van der Waals surface area contributed by atoms with Crippen LogP contribution >= 0.6 is 0 Å². The number of ether oxygens (including phenoxy) is 1. The van der Waals surface area contributed by atoms with Crippen LogP contribution in [0.4, 0.5) is 0 Å². The number of carbonyl (C=O) groups is 2. The zero-order valence-electron chi connectivity index (χ0n) is 15.4. The number of fused-ring (bicyclic) bond motifs is 1. The van der Waals surface area contributed by atoms with Gasteiger partial charge in [0.05, 0.1) is 13.2 Å². The van der Waals surface area contributed by atoms with Crippen LogP contribution in [0.5, 0.6) is 0 Å². The third-order valence-corrected chi connectivity index (χ3v) is 4.33. The number of benzene rings is 1. The summed E-state index contributed by atoms with van der Waals surface area (Å²) < 4.78 is 11.6. The smallest absolute Gasteiger partial charge is 0.342 e. The molecule has 27 heavy (non-hydrogen) atoms. The summed E-state index contributed by atoms with van der Waals surface area (Å²) in [5.41, 5.74) is 1.22. The lowest BCUT2D eigenvalue weighted by Gasteiger charge is -2.06. The standard InChI is InChI=1S/C20H20N2O5/c1-4-13-6-8-14(9-7-13)15(23)10-22-11-21-18-17(19(22)24)16(12(3)27-18)20(25)26-5-2/h6-9,11H,4-5,10H2,1-3H3. The number of hydrogen-bond donors (Lipinski definition) is 0. The van der Waals surface area contributed by atoms with Gasteiger partial charge in [-0.05, 0) is 25.8 Å². The molecule has 0 spiro atoms. The number of aryl methyl sites for hydroxylation is 2. The van der Waals surface area contributed by atoms with Crippen molar-refractivity contribution in [2.45, 2.75) is 33.7 Å². The molecule has 0 atom stereocenters. The van der Waals surface area contributed by atoms with Gasteiger partial charge in [0.2, 0.25) is 5.71 Å². The lowest BCUT2D eigenvalue weighted by Crippen LogP contribution is -2.25. The highest BCUT2D eigenvalue weighted by atomic mass is 16.5. The van der Waals surface area contributed by atoms with E-state index in [1.807, 2.05) is 19.1 Å². The molecule has 2 aromatic heterocycles. The Morgan fingerprint density at radius 1 is 1.19 bits per heavy atom. The van der Waals surface area contributed by atoms with Crippen LogP contribution in [0.15, 0.2) is 39.8 Å². The second-order valence-electron chi connectivity index (χ2n) is 6.09. The Morgan fingerprint density at radius 3 is 2.52 bits per heavy atom. The number of nitrogens with zero attached hydrogens (tertiary/aromatic N) is 2. The van der Waals surface area contributed by atoms with Crippen molar-refractivity contribution >= 4 is 22.9 Å². The van der Waals surface area contributed by atoms with Crippen molar-refractivity contribution < 1.29 is 18.7 Å². The number of hydrogen-bond acceptors (Lipinski definition) is 6. The highest BCUT2D eigenvalue weighted by Crippen LogP contribution is 2.21. The molecule has 0 amide bonds. The van der Waals surface area contributed by atoms with Gasteiger partial charge in [0.1, 0.15) is 23.0 Å². The average Bonchev–Trinajstić information content (AvgIpc) is 3.01. The molecule has 0 bridgehead atoms. The van der Waals surface area contributed by atoms with Gasteiger partial charge in [0, 0.05) is 5.56 Å². The van der Waals surface area contributed by atoms with Crippen LogP contribution in [0.2, 0.25) is 0 Å². The van der Waals surface area contributed by atoms with Crippen LogP contribution in [0.3, 0.4) is 0 Å². The van der Waals surface area contributed by atoms with Crippen LogP contribution in [0.25, 0.3) is 11.1 Å². The monoisotopic (exact) mass is 368 g/mol. The molecular weight excluding hydrogens is 348 g/mol. The van der Waals surface area contributed by atoms with E-state index in [1.54, 1.807) is 26.0 Å². The molecule has 0 saturated carbocycles. The molecule has 3 rings (SSSR count). The number of Topliss-reactive ketones (excluding diaryl/α,β-unsaturated/α-hetero) is 1. The maximum Gasteiger partial charge on any atom is 0.342 e. The van der Waals surface area contributed by atoms with Crippen molar-refractivity contribution in [3.8, 4) is 0 Å². The van der Waals surface area contributed by atoms with Gasteiger partial charge >= 0.3 is 5.97 Å². The lowest BCUT2D eigenvalue weighted by molar-refractivity contribution is 0.0526. The molecule has 0 aliphatic heterocycles. The van der Waals surface area contributed by atoms with Crippen LogP contribution in [0.1, 0.15) is 45.9 Å². The van der Waals surface area contributed by atoms with Gasteiger partial charge in [0.15, 0.2) is 5.78 Å². The van der Waals surface area contributed by atoms with Crippen molar-refractivity contribution in [3.63, 3.8) is 0 Å². The first kappa shape index (κ1) is 18.6. The molecule has 0 saturated heterocycles. The third-order valence-electron chi connectivity index (χ3n) is 4.33. The molecule has 7 nitrogen and oxygen atoms in total. The van der Waals surface area contributed by atoms with Crippen LogP contribution in [-0.4, -0.2) is 27.9 Å². The first-order valence-corrected chi connectivity index (χ1v) is 8.74. The SMILES string of the molecule is CCOC(=O)c1c(C)oc2ncn(CC(=O)c3ccc(CC)cc3)c(=O)c12. The van der Waals surface area contributed by atoms with Crippen molar-refractivity contribution in [2.75, 3.05) is 6.61 Å². The molecule has 0 radical (unpaired) electrons. The zero-order chi connectivity index (χ0) is 19.6. The molecule has 0 unspecified atom stereocenters. The fourth-order valence-corrected chi connectivity index (χ4v) is 2.87. The summed E-state index contributed by atoms with van der Waals surface area (Å²) in [4.78, 5) is 41.6. The maximum atomic E-state index is 12.8. The Kier molecular flexibility index (Phi) is 5.21. The van der Waals surface area contributed by atoms with Crippen LogP contribution in [-0.2, 0) is 17.7 Å². The number of furan rings is 1. The van der Waals surface area contributed by atoms with Gasteiger partial charge < -0.3 is 9.15 Å². The minimum atomic E-state index is -0.646. The van der Waals surface area contributed by atoms with Crippen molar-refractivity contribution in [1.82, 2.24) is 9.55 Å². The molecule has 140 valence electrons. The number of aromatic nitrogens is 2. The Balaban J connectivity index is 1.98. The predicted molar refractivity (Wildman–Crippen MR) is 99.1 cm³/mol. The van der Waals surface area contributed by atoms with Crippen LogP contribution in [0, 0.1) is 6.92 Å². The van der Waals surface area contributed by atoms with Gasteiger partial charge in [-0.25, -0.2) is 9.78 Å². The zero-order valence-corrected chi connectivity index (χ0v) is 15.4. The lowest BCUT2D eigenvalue weighted by atomic mass is 10.1. The fraction of sp³-hybridized carbons (Fsp3) is 0.300. The number of esters is 1. The van der Waals surface area contributed by atoms with Crippen molar-refractivity contribution in [3.05, 3.63) is 63.4 Å². The third kappa shape index (κ3) is 3.53. The molecule has 3 aromatic rings. The van der Waals surface area contributed by atoms with E-state index in [2.05, 4.69) is 4.98 Å². The van der Waals surface area contributed by atoms with Gasteiger partial charge in [0.25, 0.3) is 5.56 Å². The topological polar surface area (TPSA) is 91.4 Å². The quantitative estimate of drug-likeness (QED) is 0.491. The summed E-state index contributed by atoms with van der Waals surface area (Å²) in [7, 11) is 0. The van der Waals surface area contributed by atoms with E-state index >= 15 is 0 Å². The number of carbonyl (C=O) groups excluding carboxylic acids is 2. The molecule has 2 heterocycles.